The molecule has 0 unspecified atom stereocenters. The van der Waals surface area contributed by atoms with Gasteiger partial charge in [0.15, 0.2) is 0 Å². The highest BCUT2D eigenvalue weighted by atomic mass is 16.3. The molecule has 0 radical (unpaired) electrons. The monoisotopic (exact) mass is 693 g/mol. The topological polar surface area (TPSA) is 116 Å². The number of aliphatic hydroxyl groups excluding tert-OH is 2. The average molecular weight is 693 g/mol. The van der Waals surface area contributed by atoms with Crippen LogP contribution in [0, 0.1) is 5.41 Å². The second kappa shape index (κ2) is 26.8. The van der Waals surface area contributed by atoms with Crippen LogP contribution < -0.4 is 11.1 Å². The summed E-state index contributed by atoms with van der Waals surface area (Å²) >= 11 is 0. The maximum Gasteiger partial charge on any atom is 0.248 e. The van der Waals surface area contributed by atoms with Crippen LogP contribution in [0.15, 0.2) is 83.0 Å². The van der Waals surface area contributed by atoms with E-state index in [1.54, 1.807) is 30.3 Å². The number of anilines is 1. The first-order chi connectivity index (χ1) is 23.9. The van der Waals surface area contributed by atoms with Gasteiger partial charge in [-0.3, -0.25) is 4.79 Å². The van der Waals surface area contributed by atoms with Crippen LogP contribution in [0.2, 0.25) is 0 Å². The Morgan fingerprint density at radius 3 is 2.00 bits per heavy atom. The largest absolute Gasteiger partial charge is 0.508 e. The smallest absolute Gasteiger partial charge is 0.248 e. The zero-order chi connectivity index (χ0) is 37.2. The fraction of sp³-hybridized carbons (Fsp3) is 0.614. The molecule has 0 spiro atoms. The molecule has 0 fully saturated rings. The normalized spacial score (nSPS) is 16.4. The summed E-state index contributed by atoms with van der Waals surface area (Å²) < 4.78 is 0. The van der Waals surface area contributed by atoms with Gasteiger partial charge in [0.05, 0.1) is 18.8 Å². The van der Waals surface area contributed by atoms with Crippen molar-refractivity contribution in [1.82, 2.24) is 0 Å². The molecule has 0 aliphatic heterocycles. The summed E-state index contributed by atoms with van der Waals surface area (Å²) in [6.07, 6.45) is 33.1. The van der Waals surface area contributed by atoms with Gasteiger partial charge in [-0.05, 0) is 87.3 Å². The first-order valence-electron chi connectivity index (χ1n) is 19.5. The number of aromatic hydroxyl groups is 1. The summed E-state index contributed by atoms with van der Waals surface area (Å²) in [5.41, 5.74) is 11.5. The molecular weight excluding hydrogens is 620 g/mol. The average Bonchev–Trinajstić information content (AvgIpc) is 3.07. The van der Waals surface area contributed by atoms with Gasteiger partial charge in [0.25, 0.3) is 0 Å². The number of nitrogens with two attached hydrogens (primary N) is 1. The number of carbonyl (C=O) groups is 1. The molecule has 282 valence electrons. The Balaban J connectivity index is 0.000000530. The SMILES string of the molecule is CC1=C(/C=C/C(C)=C/C=C/C(C)=C/C(=O)Nc2ccc(O)cc2)C(C)(C)CCC1.CCCCCCCCCCCCCCC[C@H](O)[C@@H](N)CO. The number of benzene rings is 1. The van der Waals surface area contributed by atoms with Crippen LogP contribution in [0.25, 0.3) is 0 Å². The molecule has 0 bridgehead atoms. The van der Waals surface area contributed by atoms with Crippen molar-refractivity contribution >= 4 is 11.6 Å². The Hall–Kier alpha value is -2.93. The Bertz CT molecular complexity index is 1220. The number of phenols is 1. The number of unbranched alkanes of at least 4 members (excludes halogenated alkanes) is 12. The number of hydrogen-bond donors (Lipinski definition) is 5. The minimum Gasteiger partial charge on any atom is -0.508 e. The Morgan fingerprint density at radius 2 is 1.46 bits per heavy atom. The van der Waals surface area contributed by atoms with Gasteiger partial charge in [0.2, 0.25) is 5.91 Å². The lowest BCUT2D eigenvalue weighted by atomic mass is 9.72. The molecule has 0 heterocycles. The molecular formula is C44H72N2O4. The second-order valence-electron chi connectivity index (χ2n) is 14.9. The van der Waals surface area contributed by atoms with Crippen molar-refractivity contribution in [2.24, 2.45) is 11.1 Å². The van der Waals surface area contributed by atoms with Crippen molar-refractivity contribution in [3.63, 3.8) is 0 Å². The molecule has 1 amide bonds. The van der Waals surface area contributed by atoms with Crippen LogP contribution >= 0.6 is 0 Å². The van der Waals surface area contributed by atoms with Crippen LogP contribution in [0.4, 0.5) is 5.69 Å². The third-order valence-corrected chi connectivity index (χ3v) is 9.58. The van der Waals surface area contributed by atoms with E-state index in [4.69, 9.17) is 10.8 Å². The number of carbonyl (C=O) groups excluding carboxylic acids is 1. The molecule has 6 N–H and O–H groups in total. The lowest BCUT2D eigenvalue weighted by molar-refractivity contribution is -0.111. The Kier molecular flexibility index (Phi) is 24.2. The quantitative estimate of drug-likeness (QED) is 0.0359. The van der Waals surface area contributed by atoms with Crippen LogP contribution in [0.3, 0.4) is 0 Å². The number of rotatable bonds is 22. The highest BCUT2D eigenvalue weighted by molar-refractivity contribution is 6.00. The van der Waals surface area contributed by atoms with Gasteiger partial charge in [0, 0.05) is 11.8 Å². The van der Waals surface area contributed by atoms with Crippen molar-refractivity contribution in [1.29, 1.82) is 0 Å². The van der Waals surface area contributed by atoms with Crippen LogP contribution in [-0.4, -0.2) is 40.0 Å². The van der Waals surface area contributed by atoms with Gasteiger partial charge in [-0.15, -0.1) is 0 Å². The summed E-state index contributed by atoms with van der Waals surface area (Å²) in [7, 11) is 0. The molecule has 2 atom stereocenters. The Morgan fingerprint density at radius 1 is 0.900 bits per heavy atom. The zero-order valence-corrected chi connectivity index (χ0v) is 32.5. The molecule has 1 aliphatic rings. The third kappa shape index (κ3) is 21.3. The van der Waals surface area contributed by atoms with E-state index >= 15 is 0 Å². The maximum absolute atomic E-state index is 12.1. The van der Waals surface area contributed by atoms with Gasteiger partial charge in [0.1, 0.15) is 5.75 Å². The summed E-state index contributed by atoms with van der Waals surface area (Å²) in [5.74, 6) is -0.0206. The first kappa shape index (κ1) is 45.1. The van der Waals surface area contributed by atoms with E-state index in [0.29, 0.717) is 5.69 Å². The van der Waals surface area contributed by atoms with Crippen molar-refractivity contribution in [3.8, 4) is 5.75 Å². The fourth-order valence-corrected chi connectivity index (χ4v) is 6.32. The van der Waals surface area contributed by atoms with E-state index in [9.17, 15) is 15.0 Å². The summed E-state index contributed by atoms with van der Waals surface area (Å²) in [4.78, 5) is 12.1. The standard InChI is InChI=1S/C26H33NO2.C18H39NO2/c1-19(11-16-24-21(3)10-7-17-26(24,4)5)8-6-9-20(2)18-25(29)27-22-12-14-23(28)15-13-22;1-2-3-4-5-6-7-8-9-10-11-12-13-14-15-18(21)17(19)16-20/h6,8-9,11-16,18,28H,7,10,17H2,1-5H3,(H,27,29);17-18,20-21H,2-16,19H2,1H3/b9-6+,16-11+,19-8+,20-18+;/t;17-,18-/m.0/s1. The summed E-state index contributed by atoms with van der Waals surface area (Å²) in [5, 5.41) is 30.5. The third-order valence-electron chi connectivity index (χ3n) is 9.58. The summed E-state index contributed by atoms with van der Waals surface area (Å²) in [6.45, 7) is 13.0. The number of amides is 1. The second-order valence-corrected chi connectivity index (χ2v) is 14.9. The molecule has 2 rings (SSSR count). The molecule has 0 aromatic heterocycles. The summed E-state index contributed by atoms with van der Waals surface area (Å²) in [6, 6.07) is 5.94. The van der Waals surface area contributed by atoms with E-state index in [0.717, 1.165) is 18.4 Å². The minimum absolute atomic E-state index is 0.125. The predicted octanol–water partition coefficient (Wildman–Crippen LogP) is 11.0. The molecule has 1 aromatic rings. The van der Waals surface area contributed by atoms with Crippen molar-refractivity contribution in [3.05, 3.63) is 83.0 Å². The molecule has 50 heavy (non-hydrogen) atoms. The number of hydrogen-bond acceptors (Lipinski definition) is 5. The number of allylic oxidation sites excluding steroid dienone is 9. The van der Waals surface area contributed by atoms with Gasteiger partial charge in [-0.2, -0.15) is 0 Å². The van der Waals surface area contributed by atoms with Crippen LogP contribution in [-0.2, 0) is 4.79 Å². The molecule has 6 heteroatoms. The highest BCUT2D eigenvalue weighted by Crippen LogP contribution is 2.40. The molecule has 0 saturated heterocycles. The van der Waals surface area contributed by atoms with Crippen molar-refractivity contribution < 1.29 is 20.1 Å². The maximum atomic E-state index is 12.1. The molecule has 1 aliphatic carbocycles. The van der Waals surface area contributed by atoms with E-state index in [2.05, 4.69) is 58.2 Å². The zero-order valence-electron chi connectivity index (χ0n) is 32.5. The lowest BCUT2D eigenvalue weighted by Gasteiger charge is -2.32. The predicted molar refractivity (Wildman–Crippen MR) is 214 cm³/mol. The first-order valence-corrected chi connectivity index (χ1v) is 19.5. The van der Waals surface area contributed by atoms with Crippen molar-refractivity contribution in [2.75, 3.05) is 11.9 Å². The minimum atomic E-state index is -0.539. The number of aliphatic hydroxyl groups is 2. The fourth-order valence-electron chi connectivity index (χ4n) is 6.32. The van der Waals surface area contributed by atoms with E-state index < -0.39 is 12.1 Å². The van der Waals surface area contributed by atoms with E-state index in [-0.39, 0.29) is 23.7 Å². The van der Waals surface area contributed by atoms with Gasteiger partial charge in [-0.1, -0.05) is 146 Å². The van der Waals surface area contributed by atoms with Gasteiger partial charge >= 0.3 is 0 Å². The molecule has 0 saturated carbocycles. The molecule has 1 aromatic carbocycles. The Labute approximate surface area is 305 Å². The van der Waals surface area contributed by atoms with Gasteiger partial charge < -0.3 is 26.4 Å². The molecule has 6 nitrogen and oxygen atoms in total. The van der Waals surface area contributed by atoms with Crippen LogP contribution in [0.1, 0.15) is 151 Å². The van der Waals surface area contributed by atoms with Crippen molar-refractivity contribution in [2.45, 2.75) is 163 Å². The van der Waals surface area contributed by atoms with Gasteiger partial charge in [-0.25, -0.2) is 0 Å². The van der Waals surface area contributed by atoms with E-state index in [1.165, 1.54) is 113 Å². The lowest BCUT2D eigenvalue weighted by Crippen LogP contribution is -2.37. The van der Waals surface area contributed by atoms with Crippen LogP contribution in [0.5, 0.6) is 5.75 Å². The highest BCUT2D eigenvalue weighted by Gasteiger charge is 2.26. The number of nitrogens with one attached hydrogen (secondary N) is 1. The number of phenolic OH excluding ortho intramolecular Hbond substituents is 1. The van der Waals surface area contributed by atoms with E-state index in [1.807, 2.05) is 19.1 Å².